The highest BCUT2D eigenvalue weighted by Crippen LogP contribution is 2.28. The van der Waals surface area contributed by atoms with Crippen LogP contribution in [0.15, 0.2) is 12.3 Å². The molecule has 188 valence electrons. The molecule has 1 saturated heterocycles. The van der Waals surface area contributed by atoms with Gasteiger partial charge in [0.05, 0.1) is 13.0 Å². The molecule has 0 radical (unpaired) electrons. The van der Waals surface area contributed by atoms with E-state index in [9.17, 15) is 33.1 Å². The normalized spacial score (nSPS) is 23.3. The van der Waals surface area contributed by atoms with Crippen LogP contribution < -0.4 is 10.1 Å². The van der Waals surface area contributed by atoms with Crippen molar-refractivity contribution in [1.82, 2.24) is 10.3 Å². The molecular formula is C21H26F2N2O9. The summed E-state index contributed by atoms with van der Waals surface area (Å²) in [5.41, 5.74) is -0.481. The number of hydrogen-bond acceptors (Lipinski definition) is 10. The number of alkyl halides is 2. The fraction of sp³-hybridized carbons (Fsp3) is 0.571. The van der Waals surface area contributed by atoms with E-state index < -0.39 is 84.8 Å². The Kier molecular flexibility index (Phi) is 9.10. The number of ether oxygens (including phenoxy) is 4. The molecule has 1 amide bonds. The van der Waals surface area contributed by atoms with Gasteiger partial charge in [-0.25, -0.2) is 18.6 Å². The van der Waals surface area contributed by atoms with Gasteiger partial charge in [0, 0.05) is 18.7 Å². The van der Waals surface area contributed by atoms with Gasteiger partial charge in [0.15, 0.2) is 29.3 Å². The van der Waals surface area contributed by atoms with E-state index >= 15 is 0 Å². The molecule has 2 rings (SSSR count). The molecule has 1 aliphatic rings. The van der Waals surface area contributed by atoms with Crippen molar-refractivity contribution in [2.24, 2.45) is 11.8 Å². The number of methoxy groups -OCH3 is 1. The van der Waals surface area contributed by atoms with Gasteiger partial charge in [-0.15, -0.1) is 0 Å². The molecular weight excluding hydrogens is 462 g/mol. The summed E-state index contributed by atoms with van der Waals surface area (Å²) in [6.07, 6.45) is -5.64. The number of esters is 3. The van der Waals surface area contributed by atoms with Gasteiger partial charge < -0.3 is 29.4 Å². The summed E-state index contributed by atoms with van der Waals surface area (Å²) in [5.74, 6) is -6.97. The summed E-state index contributed by atoms with van der Waals surface area (Å²) in [4.78, 5) is 53.7. The molecule has 1 aromatic rings. The lowest BCUT2D eigenvalue weighted by Gasteiger charge is -2.29. The lowest BCUT2D eigenvalue weighted by Crippen LogP contribution is -2.47. The second-order valence-electron chi connectivity index (χ2n) is 7.80. The van der Waals surface area contributed by atoms with Gasteiger partial charge >= 0.3 is 17.9 Å². The van der Waals surface area contributed by atoms with E-state index in [4.69, 9.17) is 18.9 Å². The third kappa shape index (κ3) is 6.51. The molecule has 0 aromatic carbocycles. The van der Waals surface area contributed by atoms with E-state index in [0.717, 1.165) is 0 Å². The summed E-state index contributed by atoms with van der Waals surface area (Å²) >= 11 is 0. The molecule has 2 heterocycles. The lowest BCUT2D eigenvalue weighted by molar-refractivity contribution is -0.178. The Balaban J connectivity index is 2.30. The average molecular weight is 488 g/mol. The minimum atomic E-state index is -2.95. The number of hydrogen-bond donors (Lipinski definition) is 2. The number of cyclic esters (lactones) is 2. The van der Waals surface area contributed by atoms with E-state index in [1.165, 1.54) is 40.1 Å². The number of halogens is 2. The second-order valence-corrected chi connectivity index (χ2v) is 7.80. The Bertz CT molecular complexity index is 926. The Morgan fingerprint density at radius 1 is 1.29 bits per heavy atom. The first-order chi connectivity index (χ1) is 16.0. The van der Waals surface area contributed by atoms with Gasteiger partial charge in [-0.3, -0.25) is 14.4 Å². The fourth-order valence-electron chi connectivity index (χ4n) is 3.10. The van der Waals surface area contributed by atoms with Gasteiger partial charge in [-0.05, 0) is 6.92 Å². The van der Waals surface area contributed by atoms with E-state index in [-0.39, 0.29) is 5.75 Å². The number of carbonyl (C=O) groups excluding carboxylic acids is 4. The molecule has 4 atom stereocenters. The van der Waals surface area contributed by atoms with Crippen molar-refractivity contribution >= 4 is 23.8 Å². The molecule has 2 N–H and O–H groups in total. The highest BCUT2D eigenvalue weighted by molar-refractivity contribution is 5.98. The smallest absolute Gasteiger partial charge is 0.332 e. The van der Waals surface area contributed by atoms with Crippen LogP contribution in [0.25, 0.3) is 0 Å². The predicted molar refractivity (Wildman–Crippen MR) is 109 cm³/mol. The SMILES string of the molecule is COc1ccnc(C(=O)NC2COC(=O)C(CC(F)F)C(OC(=O)C(C)C)C(C)OC2=O)c1O. The van der Waals surface area contributed by atoms with Crippen LogP contribution in [0.2, 0.25) is 0 Å². The van der Waals surface area contributed by atoms with Crippen LogP contribution >= 0.6 is 0 Å². The van der Waals surface area contributed by atoms with Gasteiger partial charge in [0.2, 0.25) is 6.43 Å². The van der Waals surface area contributed by atoms with Crippen molar-refractivity contribution in [3.63, 3.8) is 0 Å². The van der Waals surface area contributed by atoms with Crippen LogP contribution in [0.5, 0.6) is 11.5 Å². The number of rotatable bonds is 7. The fourth-order valence-corrected chi connectivity index (χ4v) is 3.10. The van der Waals surface area contributed by atoms with Crippen molar-refractivity contribution in [2.75, 3.05) is 13.7 Å². The number of carbonyl (C=O) groups is 4. The van der Waals surface area contributed by atoms with Crippen molar-refractivity contribution in [2.45, 2.75) is 51.9 Å². The third-order valence-corrected chi connectivity index (χ3v) is 4.92. The maximum atomic E-state index is 13.2. The number of aromatic nitrogens is 1. The van der Waals surface area contributed by atoms with Crippen LogP contribution in [-0.2, 0) is 28.6 Å². The van der Waals surface area contributed by atoms with Crippen LogP contribution in [-0.4, -0.2) is 72.3 Å². The number of pyridine rings is 1. The summed E-state index contributed by atoms with van der Waals surface area (Å²) in [5, 5.41) is 12.3. The molecule has 34 heavy (non-hydrogen) atoms. The number of nitrogens with zero attached hydrogens (tertiary/aromatic N) is 1. The summed E-state index contributed by atoms with van der Waals surface area (Å²) < 4.78 is 46.7. The van der Waals surface area contributed by atoms with Crippen LogP contribution in [0, 0.1) is 11.8 Å². The first kappa shape index (κ1) is 26.7. The zero-order valence-corrected chi connectivity index (χ0v) is 18.9. The maximum absolute atomic E-state index is 13.2. The minimum absolute atomic E-state index is 0.0538. The first-order valence-electron chi connectivity index (χ1n) is 10.3. The van der Waals surface area contributed by atoms with Gasteiger partial charge in [-0.2, -0.15) is 0 Å². The maximum Gasteiger partial charge on any atom is 0.332 e. The number of nitrogens with one attached hydrogen (secondary N) is 1. The quantitative estimate of drug-likeness (QED) is 0.424. The van der Waals surface area contributed by atoms with Gasteiger partial charge in [0.1, 0.15) is 18.6 Å². The zero-order valence-electron chi connectivity index (χ0n) is 18.9. The predicted octanol–water partition coefficient (Wildman–Crippen LogP) is 1.22. The van der Waals surface area contributed by atoms with E-state index in [1.54, 1.807) is 0 Å². The highest BCUT2D eigenvalue weighted by atomic mass is 19.3. The van der Waals surface area contributed by atoms with E-state index in [1.807, 2.05) is 0 Å². The Hall–Kier alpha value is -3.51. The summed E-state index contributed by atoms with van der Waals surface area (Å²) in [6, 6.07) is -0.274. The monoisotopic (exact) mass is 488 g/mol. The van der Waals surface area contributed by atoms with Crippen molar-refractivity contribution in [3.05, 3.63) is 18.0 Å². The lowest BCUT2D eigenvalue weighted by atomic mass is 9.94. The molecule has 1 aromatic heterocycles. The van der Waals surface area contributed by atoms with Crippen LogP contribution in [0.1, 0.15) is 37.7 Å². The summed E-state index contributed by atoms with van der Waals surface area (Å²) in [6.45, 7) is 3.51. The van der Waals surface area contributed by atoms with Crippen molar-refractivity contribution in [1.29, 1.82) is 0 Å². The molecule has 0 bridgehead atoms. The average Bonchev–Trinajstić information content (AvgIpc) is 2.80. The molecule has 0 spiro atoms. The molecule has 13 heteroatoms. The minimum Gasteiger partial charge on any atom is -0.503 e. The van der Waals surface area contributed by atoms with Crippen LogP contribution in [0.3, 0.4) is 0 Å². The van der Waals surface area contributed by atoms with Crippen LogP contribution in [0.4, 0.5) is 8.78 Å². The Morgan fingerprint density at radius 3 is 2.56 bits per heavy atom. The molecule has 4 unspecified atom stereocenters. The number of amides is 1. The van der Waals surface area contributed by atoms with Crippen molar-refractivity contribution < 1.29 is 52.0 Å². The standard InChI is InChI=1S/C21H26F2N2O9/c1-9(2)19(28)34-17-10(3)33-21(30)12(8-32-20(29)11(17)7-14(22)23)25-18(27)15-16(26)13(31-4)5-6-24-15/h5-6,9-12,14,17,26H,7-8H2,1-4H3,(H,25,27). The van der Waals surface area contributed by atoms with E-state index in [0.29, 0.717) is 0 Å². The summed E-state index contributed by atoms with van der Waals surface area (Å²) in [7, 11) is 1.26. The molecule has 0 aliphatic carbocycles. The number of aromatic hydroxyl groups is 1. The molecule has 1 fully saturated rings. The molecule has 1 aliphatic heterocycles. The second kappa shape index (κ2) is 11.6. The van der Waals surface area contributed by atoms with Gasteiger partial charge in [0.25, 0.3) is 5.91 Å². The molecule has 11 nitrogen and oxygen atoms in total. The highest BCUT2D eigenvalue weighted by Gasteiger charge is 2.43. The van der Waals surface area contributed by atoms with Gasteiger partial charge in [-0.1, -0.05) is 13.8 Å². The Morgan fingerprint density at radius 2 is 1.97 bits per heavy atom. The molecule has 0 saturated carbocycles. The largest absolute Gasteiger partial charge is 0.503 e. The topological polar surface area (TPSA) is 150 Å². The third-order valence-electron chi connectivity index (χ3n) is 4.92. The Labute approximate surface area is 193 Å². The zero-order chi connectivity index (χ0) is 25.6. The van der Waals surface area contributed by atoms with Crippen molar-refractivity contribution in [3.8, 4) is 11.5 Å². The first-order valence-corrected chi connectivity index (χ1v) is 10.3. The van der Waals surface area contributed by atoms with E-state index in [2.05, 4.69) is 10.3 Å².